The molecule has 5 N–H and O–H groups in total. The molecule has 0 aliphatic heterocycles. The molecule has 0 aliphatic carbocycles. The largest absolute Gasteiger partial charge is 0.444 e. The van der Waals surface area contributed by atoms with Crippen LogP contribution in [0.25, 0.3) is 11.3 Å². The second-order valence-electron chi connectivity index (χ2n) is 18.1. The summed E-state index contributed by atoms with van der Waals surface area (Å²) in [5, 5.41) is 22.0. The van der Waals surface area contributed by atoms with Crippen molar-refractivity contribution in [1.29, 1.82) is 0 Å². The Morgan fingerprint density at radius 3 is 1.78 bits per heavy atom. The average Bonchev–Trinajstić information content (AvgIpc) is 3.18. The molecule has 0 saturated carbocycles. The number of aliphatic hydroxyl groups excluding tert-OH is 1. The van der Waals surface area contributed by atoms with Crippen molar-refractivity contribution in [2.45, 2.75) is 105 Å². The quantitative estimate of drug-likeness (QED) is 0.0514. The summed E-state index contributed by atoms with van der Waals surface area (Å²) in [5.74, 6) is -2.88. The topological polar surface area (TPSA) is 179 Å². The Labute approximate surface area is 353 Å². The standard InChI is InChI=1S/C47H60N6O7/c1-45(2,3)39(51-44(59)60-47(7,8)9)42(57)49-36(28-31-18-12-10-13-19-31)37(54)30-53(29-32-23-25-33(26-24-32)35-22-16-17-27-48-35)52-43(58)40(46(4,5)6)50-41(56)38(55)34-20-14-11-15-21-34/h10-27,36-37,39-40,54H,28-30H2,1-9H3,(H,49,57)(H,50,56)(H,51,59)(H,52,58)/t36?,37-,39?,40?/m0/s1. The normalized spacial score (nSPS) is 13.9. The monoisotopic (exact) mass is 820 g/mol. The molecule has 0 spiro atoms. The van der Waals surface area contributed by atoms with Gasteiger partial charge >= 0.3 is 6.09 Å². The molecule has 0 radical (unpaired) electrons. The molecule has 0 aliphatic rings. The number of carbonyl (C=O) groups is 5. The van der Waals surface area contributed by atoms with E-state index in [0.717, 1.165) is 22.4 Å². The van der Waals surface area contributed by atoms with Crippen molar-refractivity contribution in [2.24, 2.45) is 10.8 Å². The van der Waals surface area contributed by atoms with Gasteiger partial charge in [-0.05, 0) is 61.3 Å². The molecule has 4 atom stereocenters. The highest BCUT2D eigenvalue weighted by atomic mass is 16.6. The smallest absolute Gasteiger partial charge is 0.408 e. The third-order valence-corrected chi connectivity index (χ3v) is 9.49. The lowest BCUT2D eigenvalue weighted by atomic mass is 9.85. The van der Waals surface area contributed by atoms with Crippen molar-refractivity contribution >= 4 is 29.6 Å². The van der Waals surface area contributed by atoms with Gasteiger partial charge in [0.25, 0.3) is 11.8 Å². The van der Waals surface area contributed by atoms with Crippen molar-refractivity contribution in [3.8, 4) is 11.3 Å². The summed E-state index contributed by atoms with van der Waals surface area (Å²) in [7, 11) is 0. The molecular weight excluding hydrogens is 761 g/mol. The van der Waals surface area contributed by atoms with E-state index < -0.39 is 70.3 Å². The van der Waals surface area contributed by atoms with Crippen LogP contribution in [0.15, 0.2) is 109 Å². The molecule has 320 valence electrons. The van der Waals surface area contributed by atoms with Gasteiger partial charge in [0, 0.05) is 30.4 Å². The maximum atomic E-state index is 14.3. The van der Waals surface area contributed by atoms with Crippen LogP contribution in [-0.2, 0) is 32.1 Å². The Morgan fingerprint density at radius 2 is 1.23 bits per heavy atom. The fraction of sp³-hybridized carbons (Fsp3) is 0.404. The van der Waals surface area contributed by atoms with Gasteiger partial charge in [0.05, 0.1) is 17.8 Å². The predicted molar refractivity (Wildman–Crippen MR) is 231 cm³/mol. The Morgan fingerprint density at radius 1 is 0.667 bits per heavy atom. The zero-order valence-corrected chi connectivity index (χ0v) is 36.1. The van der Waals surface area contributed by atoms with Crippen LogP contribution < -0.4 is 21.4 Å². The highest BCUT2D eigenvalue weighted by Crippen LogP contribution is 2.23. The van der Waals surface area contributed by atoms with Crippen molar-refractivity contribution in [1.82, 2.24) is 31.4 Å². The summed E-state index contributed by atoms with van der Waals surface area (Å²) in [4.78, 5) is 72.0. The number of nitrogens with one attached hydrogen (secondary N) is 4. The van der Waals surface area contributed by atoms with Crippen LogP contribution in [0, 0.1) is 10.8 Å². The number of ketones is 1. The van der Waals surface area contributed by atoms with E-state index in [-0.39, 0.29) is 25.1 Å². The third kappa shape index (κ3) is 14.4. The second-order valence-corrected chi connectivity index (χ2v) is 18.1. The minimum atomic E-state index is -1.29. The molecule has 4 rings (SSSR count). The number of ether oxygens (including phenoxy) is 1. The number of nitrogens with zero attached hydrogens (tertiary/aromatic N) is 2. The van der Waals surface area contributed by atoms with Crippen LogP contribution in [0.4, 0.5) is 4.79 Å². The molecular formula is C47H60N6O7. The van der Waals surface area contributed by atoms with E-state index in [1.54, 1.807) is 65.9 Å². The van der Waals surface area contributed by atoms with Gasteiger partial charge in [-0.25, -0.2) is 9.80 Å². The number of Topliss-reactive ketones (excluding diaryl/α,β-unsaturated/α-hetero) is 1. The summed E-state index contributed by atoms with van der Waals surface area (Å²) in [6.45, 7) is 15.8. The third-order valence-electron chi connectivity index (χ3n) is 9.49. The highest BCUT2D eigenvalue weighted by molar-refractivity contribution is 6.43. The first-order valence-corrected chi connectivity index (χ1v) is 20.1. The molecule has 13 heteroatoms. The zero-order chi connectivity index (χ0) is 44.3. The number of rotatable bonds is 16. The Kier molecular flexibility index (Phi) is 15.9. The summed E-state index contributed by atoms with van der Waals surface area (Å²) in [6.07, 6.45) is -0.125. The van der Waals surface area contributed by atoms with E-state index in [2.05, 4.69) is 26.4 Å². The number of benzene rings is 3. The number of alkyl carbamates (subject to hydrolysis) is 1. The highest BCUT2D eigenvalue weighted by Gasteiger charge is 2.38. The lowest BCUT2D eigenvalue weighted by molar-refractivity contribution is -0.135. The van der Waals surface area contributed by atoms with E-state index >= 15 is 0 Å². The number of pyridine rings is 1. The molecule has 3 unspecified atom stereocenters. The number of hydrogen-bond acceptors (Lipinski definition) is 9. The molecule has 4 amide bonds. The molecule has 0 saturated heterocycles. The van der Waals surface area contributed by atoms with Crippen LogP contribution in [0.3, 0.4) is 0 Å². The Balaban J connectivity index is 1.66. The summed E-state index contributed by atoms with van der Waals surface area (Å²) >= 11 is 0. The second kappa shape index (κ2) is 20.4. The first-order valence-electron chi connectivity index (χ1n) is 20.1. The molecule has 1 heterocycles. The summed E-state index contributed by atoms with van der Waals surface area (Å²) in [5.41, 5.74) is 3.96. The van der Waals surface area contributed by atoms with Crippen LogP contribution in [0.1, 0.15) is 83.8 Å². The number of hydrogen-bond donors (Lipinski definition) is 5. The fourth-order valence-corrected chi connectivity index (χ4v) is 6.37. The number of hydrazine groups is 1. The number of aromatic nitrogens is 1. The lowest BCUT2D eigenvalue weighted by Crippen LogP contribution is -2.61. The first kappa shape index (κ1) is 46.8. The van der Waals surface area contributed by atoms with Gasteiger partial charge in [0.2, 0.25) is 11.7 Å². The number of carbonyl (C=O) groups excluding carboxylic acids is 5. The average molecular weight is 821 g/mol. The molecule has 0 fully saturated rings. The van der Waals surface area contributed by atoms with Crippen LogP contribution >= 0.6 is 0 Å². The fourth-order valence-electron chi connectivity index (χ4n) is 6.37. The summed E-state index contributed by atoms with van der Waals surface area (Å²) < 4.78 is 5.47. The van der Waals surface area contributed by atoms with Gasteiger partial charge in [0.1, 0.15) is 17.7 Å². The minimum absolute atomic E-state index is 0.107. The summed E-state index contributed by atoms with van der Waals surface area (Å²) in [6, 6.07) is 27.5. The van der Waals surface area contributed by atoms with Gasteiger partial charge in [0.15, 0.2) is 0 Å². The van der Waals surface area contributed by atoms with E-state index in [0.29, 0.717) is 0 Å². The van der Waals surface area contributed by atoms with Crippen LogP contribution in [0.2, 0.25) is 0 Å². The number of aliphatic hydroxyl groups is 1. The maximum Gasteiger partial charge on any atom is 0.408 e. The van der Waals surface area contributed by atoms with Crippen LogP contribution in [-0.4, -0.2) is 81.1 Å². The molecule has 60 heavy (non-hydrogen) atoms. The molecule has 3 aromatic carbocycles. The van der Waals surface area contributed by atoms with Crippen molar-refractivity contribution in [3.63, 3.8) is 0 Å². The molecule has 1 aromatic heterocycles. The van der Waals surface area contributed by atoms with Gasteiger partial charge < -0.3 is 25.8 Å². The van der Waals surface area contributed by atoms with Gasteiger partial charge in [-0.2, -0.15) is 0 Å². The van der Waals surface area contributed by atoms with E-state index in [1.807, 2.05) is 93.6 Å². The van der Waals surface area contributed by atoms with Crippen molar-refractivity contribution in [3.05, 3.63) is 126 Å². The SMILES string of the molecule is CC(C)(C)OC(=O)NC(C(=O)NC(Cc1ccccc1)[C@@H](O)CN(Cc1ccc(-c2ccccn2)cc1)NC(=O)C(NC(=O)C(=O)c1ccccc1)C(C)(C)C)C(C)(C)C. The van der Waals surface area contributed by atoms with Gasteiger partial charge in [-0.15, -0.1) is 0 Å². The molecule has 13 nitrogen and oxygen atoms in total. The van der Waals surface area contributed by atoms with Crippen molar-refractivity contribution < 1.29 is 33.8 Å². The van der Waals surface area contributed by atoms with E-state index in [4.69, 9.17) is 4.74 Å². The maximum absolute atomic E-state index is 14.3. The van der Waals surface area contributed by atoms with Crippen molar-refractivity contribution in [2.75, 3.05) is 6.54 Å². The Hall–Kier alpha value is -5.92. The Bertz CT molecular complexity index is 2040. The predicted octanol–water partition coefficient (Wildman–Crippen LogP) is 6.02. The van der Waals surface area contributed by atoms with Gasteiger partial charge in [-0.1, -0.05) is 133 Å². The molecule has 0 bridgehead atoms. The minimum Gasteiger partial charge on any atom is -0.444 e. The first-order chi connectivity index (χ1) is 28.1. The van der Waals surface area contributed by atoms with E-state index in [9.17, 15) is 29.1 Å². The van der Waals surface area contributed by atoms with E-state index in [1.165, 1.54) is 17.1 Å². The zero-order valence-electron chi connectivity index (χ0n) is 36.1. The van der Waals surface area contributed by atoms with Gasteiger partial charge in [-0.3, -0.25) is 29.6 Å². The molecule has 4 aromatic rings. The lowest BCUT2D eigenvalue weighted by Gasteiger charge is -2.36. The number of amides is 4. The van der Waals surface area contributed by atoms with Crippen LogP contribution in [0.5, 0.6) is 0 Å².